The zero-order valence-corrected chi connectivity index (χ0v) is 14.5. The van der Waals surface area contributed by atoms with Gasteiger partial charge in [-0.3, -0.25) is 19.6 Å². The number of likely N-dealkylation sites (tertiary alicyclic amines) is 1. The number of nitrogens with zero attached hydrogens (tertiary/aromatic N) is 3. The molecule has 0 bridgehead atoms. The number of carbonyl (C=O) groups is 2. The maximum Gasteiger partial charge on any atom is 0.325 e. The lowest BCUT2D eigenvalue weighted by molar-refractivity contribution is -0.132. The number of nitrogens with one attached hydrogen (secondary N) is 1. The molecule has 2 aromatic rings. The van der Waals surface area contributed by atoms with Crippen LogP contribution < -0.4 is 5.32 Å². The Hall–Kier alpha value is -2.47. The molecule has 0 saturated carbocycles. The smallest absolute Gasteiger partial charge is 0.322 e. The first-order valence-electron chi connectivity index (χ1n) is 8.71. The molecule has 2 saturated heterocycles. The number of urea groups is 1. The van der Waals surface area contributed by atoms with E-state index in [-0.39, 0.29) is 18.0 Å². The molecule has 1 spiro atoms. The third-order valence-corrected chi connectivity index (χ3v) is 5.10. The molecule has 130 valence electrons. The van der Waals surface area contributed by atoms with Gasteiger partial charge in [0, 0.05) is 31.1 Å². The minimum Gasteiger partial charge on any atom is -0.322 e. The predicted octanol–water partition coefficient (Wildman–Crippen LogP) is 2.14. The highest BCUT2D eigenvalue weighted by Gasteiger charge is 2.55. The molecule has 2 aliphatic heterocycles. The number of carbonyl (C=O) groups excluding carboxylic acids is 2. The highest BCUT2D eigenvalue weighted by atomic mass is 16.2. The van der Waals surface area contributed by atoms with Crippen molar-refractivity contribution < 1.29 is 9.59 Å². The van der Waals surface area contributed by atoms with Crippen LogP contribution in [0.4, 0.5) is 4.79 Å². The van der Waals surface area contributed by atoms with Crippen molar-refractivity contribution in [3.05, 3.63) is 42.1 Å². The molecule has 1 N–H and O–H groups in total. The summed E-state index contributed by atoms with van der Waals surface area (Å²) in [6, 6.07) is 11.7. The van der Waals surface area contributed by atoms with Gasteiger partial charge in [-0.2, -0.15) is 0 Å². The van der Waals surface area contributed by atoms with Crippen LogP contribution in [0.1, 0.15) is 26.0 Å². The maximum absolute atomic E-state index is 12.8. The molecular formula is C19H22N4O2. The summed E-state index contributed by atoms with van der Waals surface area (Å²) in [5, 5.41) is 4.05. The van der Waals surface area contributed by atoms with Crippen LogP contribution in [0.25, 0.3) is 10.9 Å². The third kappa shape index (κ3) is 2.66. The number of imide groups is 1. The van der Waals surface area contributed by atoms with Gasteiger partial charge in [-0.15, -0.1) is 0 Å². The van der Waals surface area contributed by atoms with Gasteiger partial charge in [0.1, 0.15) is 5.54 Å². The molecule has 1 aromatic carbocycles. The van der Waals surface area contributed by atoms with Crippen molar-refractivity contribution in [2.75, 3.05) is 13.1 Å². The summed E-state index contributed by atoms with van der Waals surface area (Å²) in [6.45, 7) is 5.71. The fourth-order valence-electron chi connectivity index (χ4n) is 3.84. The molecule has 2 fully saturated rings. The van der Waals surface area contributed by atoms with E-state index in [1.807, 2.05) is 44.2 Å². The van der Waals surface area contributed by atoms with Crippen LogP contribution in [-0.4, -0.2) is 51.4 Å². The average Bonchev–Trinajstić information content (AvgIpc) is 3.08. The first-order valence-corrected chi connectivity index (χ1v) is 8.71. The Bertz CT molecular complexity index is 850. The van der Waals surface area contributed by atoms with Gasteiger partial charge in [0.05, 0.1) is 11.2 Å². The Balaban J connectivity index is 1.51. The van der Waals surface area contributed by atoms with Gasteiger partial charge in [-0.05, 0) is 32.4 Å². The van der Waals surface area contributed by atoms with Crippen LogP contribution in [-0.2, 0) is 11.3 Å². The van der Waals surface area contributed by atoms with Crippen molar-refractivity contribution in [2.24, 2.45) is 0 Å². The fraction of sp³-hybridized carbons (Fsp3) is 0.421. The molecule has 6 heteroatoms. The van der Waals surface area contributed by atoms with Gasteiger partial charge in [-0.25, -0.2) is 4.79 Å². The summed E-state index contributed by atoms with van der Waals surface area (Å²) >= 11 is 0. The van der Waals surface area contributed by atoms with E-state index in [4.69, 9.17) is 4.98 Å². The van der Waals surface area contributed by atoms with Crippen molar-refractivity contribution in [1.82, 2.24) is 20.1 Å². The Labute approximate surface area is 146 Å². The van der Waals surface area contributed by atoms with Crippen LogP contribution in [0, 0.1) is 0 Å². The summed E-state index contributed by atoms with van der Waals surface area (Å²) in [6.07, 6.45) is 0.647. The number of hydrogen-bond acceptors (Lipinski definition) is 4. The lowest BCUT2D eigenvalue weighted by Crippen LogP contribution is -2.49. The minimum absolute atomic E-state index is 0.0959. The Morgan fingerprint density at radius 1 is 1.20 bits per heavy atom. The molecule has 0 aliphatic carbocycles. The third-order valence-electron chi connectivity index (χ3n) is 5.10. The number of aromatic nitrogens is 1. The number of para-hydroxylation sites is 1. The molecular weight excluding hydrogens is 316 g/mol. The number of pyridine rings is 1. The molecule has 6 nitrogen and oxygen atoms in total. The van der Waals surface area contributed by atoms with Crippen LogP contribution in [0.15, 0.2) is 36.4 Å². The summed E-state index contributed by atoms with van der Waals surface area (Å²) in [7, 11) is 0. The van der Waals surface area contributed by atoms with Gasteiger partial charge in [0.2, 0.25) is 0 Å². The van der Waals surface area contributed by atoms with Crippen molar-refractivity contribution >= 4 is 22.8 Å². The van der Waals surface area contributed by atoms with E-state index in [9.17, 15) is 9.59 Å². The van der Waals surface area contributed by atoms with Crippen LogP contribution >= 0.6 is 0 Å². The second-order valence-corrected chi connectivity index (χ2v) is 7.24. The standard InChI is InChI=1S/C19H22N4O2/c1-13(2)23-17(24)19(21-18(23)25)9-10-22(12-19)11-15-8-7-14-5-3-4-6-16(14)20-15/h3-8,13H,9-12H2,1-2H3,(H,21,25). The Morgan fingerprint density at radius 3 is 2.76 bits per heavy atom. The highest BCUT2D eigenvalue weighted by molar-refractivity contribution is 6.07. The van der Waals surface area contributed by atoms with Crippen LogP contribution in [0.2, 0.25) is 0 Å². The second kappa shape index (κ2) is 5.81. The largest absolute Gasteiger partial charge is 0.325 e. The number of rotatable bonds is 3. The summed E-state index contributed by atoms with van der Waals surface area (Å²) < 4.78 is 0. The fourth-order valence-corrected chi connectivity index (χ4v) is 3.84. The van der Waals surface area contributed by atoms with E-state index in [1.165, 1.54) is 4.90 Å². The zero-order valence-electron chi connectivity index (χ0n) is 14.5. The molecule has 4 rings (SSSR count). The summed E-state index contributed by atoms with van der Waals surface area (Å²) in [5.41, 5.74) is 1.19. The Kier molecular flexibility index (Phi) is 3.72. The lowest BCUT2D eigenvalue weighted by atomic mass is 9.98. The van der Waals surface area contributed by atoms with E-state index in [2.05, 4.69) is 16.3 Å². The number of amides is 3. The predicted molar refractivity (Wildman–Crippen MR) is 94.9 cm³/mol. The normalized spacial score (nSPS) is 24.0. The average molecular weight is 338 g/mol. The van der Waals surface area contributed by atoms with Gasteiger partial charge in [0.15, 0.2) is 0 Å². The number of fused-ring (bicyclic) bond motifs is 1. The highest BCUT2D eigenvalue weighted by Crippen LogP contribution is 2.30. The second-order valence-electron chi connectivity index (χ2n) is 7.24. The minimum atomic E-state index is -0.766. The number of benzene rings is 1. The van der Waals surface area contributed by atoms with E-state index in [0.717, 1.165) is 23.1 Å². The van der Waals surface area contributed by atoms with Crippen molar-refractivity contribution in [3.63, 3.8) is 0 Å². The van der Waals surface area contributed by atoms with E-state index < -0.39 is 5.54 Å². The maximum atomic E-state index is 12.8. The van der Waals surface area contributed by atoms with Gasteiger partial charge in [0.25, 0.3) is 5.91 Å². The van der Waals surface area contributed by atoms with E-state index in [0.29, 0.717) is 19.5 Å². The SMILES string of the molecule is CC(C)N1C(=O)NC2(CCN(Cc3ccc4ccccc4n3)C2)C1=O. The lowest BCUT2D eigenvalue weighted by Gasteiger charge is -2.23. The first-order chi connectivity index (χ1) is 12.0. The van der Waals surface area contributed by atoms with E-state index >= 15 is 0 Å². The van der Waals surface area contributed by atoms with Crippen molar-refractivity contribution in [2.45, 2.75) is 38.4 Å². The number of hydrogen-bond donors (Lipinski definition) is 1. The van der Waals surface area contributed by atoms with Crippen molar-refractivity contribution in [3.8, 4) is 0 Å². The van der Waals surface area contributed by atoms with Gasteiger partial charge >= 0.3 is 6.03 Å². The molecule has 3 amide bonds. The quantitative estimate of drug-likeness (QED) is 0.871. The Morgan fingerprint density at radius 2 is 2.00 bits per heavy atom. The molecule has 3 heterocycles. The van der Waals surface area contributed by atoms with Crippen molar-refractivity contribution in [1.29, 1.82) is 0 Å². The zero-order chi connectivity index (χ0) is 17.6. The molecule has 1 aromatic heterocycles. The monoisotopic (exact) mass is 338 g/mol. The topological polar surface area (TPSA) is 65.5 Å². The molecule has 25 heavy (non-hydrogen) atoms. The first kappa shape index (κ1) is 16.0. The molecule has 2 aliphatic rings. The van der Waals surface area contributed by atoms with Gasteiger partial charge < -0.3 is 5.32 Å². The molecule has 0 radical (unpaired) electrons. The molecule has 1 unspecified atom stereocenters. The molecule has 1 atom stereocenters. The van der Waals surface area contributed by atoms with Crippen LogP contribution in [0.3, 0.4) is 0 Å². The van der Waals surface area contributed by atoms with Gasteiger partial charge in [-0.1, -0.05) is 24.3 Å². The summed E-state index contributed by atoms with van der Waals surface area (Å²) in [4.78, 5) is 33.2. The van der Waals surface area contributed by atoms with Crippen LogP contribution in [0.5, 0.6) is 0 Å². The summed E-state index contributed by atoms with van der Waals surface area (Å²) in [5.74, 6) is -0.0959. The van der Waals surface area contributed by atoms with E-state index in [1.54, 1.807) is 0 Å².